The van der Waals surface area contributed by atoms with Crippen LogP contribution in [0.15, 0.2) is 65.9 Å². The number of allylic oxidation sites excluding steroid dienone is 1. The molecular formula is C22H21FN2O4. The number of hydrogen-bond donors (Lipinski definition) is 1. The molecule has 150 valence electrons. The van der Waals surface area contributed by atoms with Crippen molar-refractivity contribution in [3.63, 3.8) is 0 Å². The molecule has 0 aliphatic carbocycles. The number of ether oxygens (including phenoxy) is 1. The lowest BCUT2D eigenvalue weighted by Crippen LogP contribution is -2.44. The molecule has 1 heterocycles. The van der Waals surface area contributed by atoms with E-state index >= 15 is 0 Å². The van der Waals surface area contributed by atoms with Gasteiger partial charge in [0.2, 0.25) is 11.8 Å². The lowest BCUT2D eigenvalue weighted by molar-refractivity contribution is -0.139. The maximum absolute atomic E-state index is 13.3. The molecule has 0 spiro atoms. The number of nitrogens with one attached hydrogen (secondary N) is 1. The fourth-order valence-electron chi connectivity index (χ4n) is 3.39. The molecule has 2 aromatic carbocycles. The molecule has 0 aromatic heterocycles. The van der Waals surface area contributed by atoms with E-state index in [0.29, 0.717) is 11.4 Å². The van der Waals surface area contributed by atoms with Crippen molar-refractivity contribution in [1.82, 2.24) is 5.32 Å². The van der Waals surface area contributed by atoms with Crippen LogP contribution in [0.5, 0.6) is 0 Å². The first kappa shape index (κ1) is 20.3. The Morgan fingerprint density at radius 3 is 2.41 bits per heavy atom. The average Bonchev–Trinajstić information content (AvgIpc) is 2.73. The fraction of sp³-hybridized carbons (Fsp3) is 0.227. The van der Waals surface area contributed by atoms with Gasteiger partial charge in [-0.2, -0.15) is 0 Å². The Morgan fingerprint density at radius 1 is 1.14 bits per heavy atom. The third kappa shape index (κ3) is 4.34. The number of carbonyl (C=O) groups excluding carboxylic acids is 3. The second-order valence-corrected chi connectivity index (χ2v) is 6.66. The Kier molecular flexibility index (Phi) is 6.07. The van der Waals surface area contributed by atoms with Crippen LogP contribution in [-0.2, 0) is 25.7 Å². The quantitative estimate of drug-likeness (QED) is 0.789. The van der Waals surface area contributed by atoms with Gasteiger partial charge < -0.3 is 10.1 Å². The van der Waals surface area contributed by atoms with Crippen LogP contribution in [-0.4, -0.2) is 24.9 Å². The molecular weight excluding hydrogens is 375 g/mol. The highest BCUT2D eigenvalue weighted by Crippen LogP contribution is 2.33. The van der Waals surface area contributed by atoms with E-state index in [9.17, 15) is 18.8 Å². The summed E-state index contributed by atoms with van der Waals surface area (Å²) in [4.78, 5) is 39.4. The summed E-state index contributed by atoms with van der Waals surface area (Å²) in [5.41, 5.74) is 1.72. The molecule has 2 amide bonds. The fourth-order valence-corrected chi connectivity index (χ4v) is 3.39. The minimum absolute atomic E-state index is 0.113. The number of methoxy groups -OCH3 is 1. The standard InChI is InChI=1S/C22H21FN2O4/c1-14-20(22(28)29-2)18(21(27)24-13-15-6-4-3-5-7-15)12-19(26)25(14)17-10-8-16(23)9-11-17/h3-11,18H,12-13H2,1-2H3,(H,24,27)/t18-/m0/s1. The smallest absolute Gasteiger partial charge is 0.336 e. The van der Waals surface area contributed by atoms with Crippen LogP contribution < -0.4 is 10.2 Å². The lowest BCUT2D eigenvalue weighted by atomic mass is 9.88. The average molecular weight is 396 g/mol. The highest BCUT2D eigenvalue weighted by Gasteiger charge is 2.40. The minimum atomic E-state index is -0.963. The van der Waals surface area contributed by atoms with Crippen molar-refractivity contribution < 1.29 is 23.5 Å². The number of rotatable bonds is 5. The zero-order chi connectivity index (χ0) is 21.0. The maximum atomic E-state index is 13.3. The van der Waals surface area contributed by atoms with E-state index in [0.717, 1.165) is 5.56 Å². The van der Waals surface area contributed by atoms with Gasteiger partial charge in [-0.1, -0.05) is 30.3 Å². The molecule has 0 saturated heterocycles. The van der Waals surface area contributed by atoms with Gasteiger partial charge in [-0.3, -0.25) is 14.5 Å². The molecule has 2 aromatic rings. The first-order valence-electron chi connectivity index (χ1n) is 9.11. The molecule has 1 aliphatic rings. The number of amides is 2. The van der Waals surface area contributed by atoms with Gasteiger partial charge in [0.1, 0.15) is 5.82 Å². The second kappa shape index (κ2) is 8.68. The molecule has 0 unspecified atom stereocenters. The van der Waals surface area contributed by atoms with Crippen LogP contribution in [0, 0.1) is 11.7 Å². The summed E-state index contributed by atoms with van der Waals surface area (Å²) in [6, 6.07) is 14.7. The van der Waals surface area contributed by atoms with Gasteiger partial charge in [-0.15, -0.1) is 0 Å². The minimum Gasteiger partial charge on any atom is -0.466 e. The van der Waals surface area contributed by atoms with E-state index in [1.54, 1.807) is 6.92 Å². The molecule has 1 N–H and O–H groups in total. The first-order valence-corrected chi connectivity index (χ1v) is 9.11. The van der Waals surface area contributed by atoms with Crippen LogP contribution in [0.25, 0.3) is 0 Å². The first-order chi connectivity index (χ1) is 13.9. The van der Waals surface area contributed by atoms with E-state index in [2.05, 4.69) is 5.32 Å². The zero-order valence-electron chi connectivity index (χ0n) is 16.1. The van der Waals surface area contributed by atoms with Crippen LogP contribution in [0.2, 0.25) is 0 Å². The maximum Gasteiger partial charge on any atom is 0.336 e. The predicted octanol–water partition coefficient (Wildman–Crippen LogP) is 2.94. The number of esters is 1. The summed E-state index contributed by atoms with van der Waals surface area (Å²) in [6.45, 7) is 1.85. The van der Waals surface area contributed by atoms with E-state index in [1.165, 1.54) is 36.3 Å². The molecule has 1 atom stereocenters. The van der Waals surface area contributed by atoms with Crippen molar-refractivity contribution >= 4 is 23.5 Å². The Labute approximate surface area is 168 Å². The Morgan fingerprint density at radius 2 is 1.79 bits per heavy atom. The number of hydrogen-bond acceptors (Lipinski definition) is 4. The molecule has 29 heavy (non-hydrogen) atoms. The molecule has 6 nitrogen and oxygen atoms in total. The van der Waals surface area contributed by atoms with Gasteiger partial charge in [0.15, 0.2) is 0 Å². The van der Waals surface area contributed by atoms with Crippen molar-refractivity contribution in [2.75, 3.05) is 12.0 Å². The van der Waals surface area contributed by atoms with Crippen molar-refractivity contribution in [2.24, 2.45) is 5.92 Å². The van der Waals surface area contributed by atoms with Gasteiger partial charge >= 0.3 is 5.97 Å². The topological polar surface area (TPSA) is 75.7 Å². The largest absolute Gasteiger partial charge is 0.466 e. The van der Waals surface area contributed by atoms with Gasteiger partial charge in [0.25, 0.3) is 0 Å². The van der Waals surface area contributed by atoms with Crippen molar-refractivity contribution in [1.29, 1.82) is 0 Å². The summed E-state index contributed by atoms with van der Waals surface area (Å²) in [7, 11) is 1.22. The van der Waals surface area contributed by atoms with Crippen LogP contribution in [0.1, 0.15) is 18.9 Å². The summed E-state index contributed by atoms with van der Waals surface area (Å²) in [5.74, 6) is -2.87. The lowest BCUT2D eigenvalue weighted by Gasteiger charge is -2.33. The van der Waals surface area contributed by atoms with Crippen molar-refractivity contribution in [3.05, 3.63) is 77.2 Å². The van der Waals surface area contributed by atoms with E-state index in [-0.39, 0.29) is 24.4 Å². The summed E-state index contributed by atoms with van der Waals surface area (Å²) in [5, 5.41) is 2.78. The molecule has 0 radical (unpaired) electrons. The SMILES string of the molecule is COC(=O)C1=C(C)N(c2ccc(F)cc2)C(=O)C[C@@H]1C(=O)NCc1ccccc1. The van der Waals surface area contributed by atoms with E-state index < -0.39 is 23.6 Å². The Hall–Kier alpha value is -3.48. The number of carbonyl (C=O) groups is 3. The van der Waals surface area contributed by atoms with Crippen LogP contribution >= 0.6 is 0 Å². The molecule has 7 heteroatoms. The molecule has 0 saturated carbocycles. The van der Waals surface area contributed by atoms with Crippen molar-refractivity contribution in [2.45, 2.75) is 19.9 Å². The van der Waals surface area contributed by atoms with Gasteiger partial charge in [0, 0.05) is 24.4 Å². The van der Waals surface area contributed by atoms with Crippen LogP contribution in [0.3, 0.4) is 0 Å². The molecule has 3 rings (SSSR count). The predicted molar refractivity (Wildman–Crippen MR) is 105 cm³/mol. The highest BCUT2D eigenvalue weighted by atomic mass is 19.1. The van der Waals surface area contributed by atoms with Crippen molar-refractivity contribution in [3.8, 4) is 0 Å². The van der Waals surface area contributed by atoms with Gasteiger partial charge in [0.05, 0.1) is 18.6 Å². The monoisotopic (exact) mass is 396 g/mol. The zero-order valence-corrected chi connectivity index (χ0v) is 16.1. The summed E-state index contributed by atoms with van der Waals surface area (Å²) < 4.78 is 18.1. The summed E-state index contributed by atoms with van der Waals surface area (Å²) >= 11 is 0. The number of halogens is 1. The third-order valence-corrected chi connectivity index (χ3v) is 4.82. The Bertz CT molecular complexity index is 955. The Balaban J connectivity index is 1.91. The number of benzene rings is 2. The normalized spacial score (nSPS) is 16.6. The number of nitrogens with zero attached hydrogens (tertiary/aromatic N) is 1. The van der Waals surface area contributed by atoms with E-state index in [4.69, 9.17) is 4.74 Å². The molecule has 1 aliphatic heterocycles. The molecule has 0 fully saturated rings. The van der Waals surface area contributed by atoms with Gasteiger partial charge in [-0.05, 0) is 36.8 Å². The second-order valence-electron chi connectivity index (χ2n) is 6.66. The van der Waals surface area contributed by atoms with Crippen LogP contribution in [0.4, 0.5) is 10.1 Å². The highest BCUT2D eigenvalue weighted by molar-refractivity contribution is 6.08. The number of anilines is 1. The summed E-state index contributed by atoms with van der Waals surface area (Å²) in [6.07, 6.45) is -0.195. The molecule has 0 bridgehead atoms. The van der Waals surface area contributed by atoms with Gasteiger partial charge in [-0.25, -0.2) is 9.18 Å². The third-order valence-electron chi connectivity index (χ3n) is 4.82. The van der Waals surface area contributed by atoms with E-state index in [1.807, 2.05) is 30.3 Å².